The summed E-state index contributed by atoms with van der Waals surface area (Å²) in [6, 6.07) is 1.54. The number of piperidine rings is 1. The summed E-state index contributed by atoms with van der Waals surface area (Å²) in [5.41, 5.74) is -1.65. The highest BCUT2D eigenvalue weighted by Crippen LogP contribution is 2.34. The molecular formula is C15H17F4NO4S. The first-order valence-corrected chi connectivity index (χ1v) is 9.05. The molecule has 1 atom stereocenters. The molecule has 140 valence electrons. The monoisotopic (exact) mass is 383 g/mol. The van der Waals surface area contributed by atoms with Crippen molar-refractivity contribution in [3.63, 3.8) is 0 Å². The molecule has 1 aliphatic rings. The van der Waals surface area contributed by atoms with E-state index < -0.39 is 44.4 Å². The SMILES string of the molecule is CCOC(=O)C1CCCN(S(=O)(=O)c2ccc(F)c(C(F)(F)F)c2)C1. The van der Waals surface area contributed by atoms with E-state index in [-0.39, 0.29) is 25.8 Å². The van der Waals surface area contributed by atoms with E-state index in [1.54, 1.807) is 6.92 Å². The predicted octanol–water partition coefficient (Wildman–Crippen LogP) is 2.81. The average molecular weight is 383 g/mol. The Morgan fingerprint density at radius 1 is 1.36 bits per heavy atom. The van der Waals surface area contributed by atoms with Crippen LogP contribution in [0.25, 0.3) is 0 Å². The number of alkyl halides is 3. The Morgan fingerprint density at radius 3 is 2.64 bits per heavy atom. The van der Waals surface area contributed by atoms with Crippen LogP contribution in [0.5, 0.6) is 0 Å². The second-order valence-corrected chi connectivity index (χ2v) is 7.53. The molecule has 1 saturated heterocycles. The fourth-order valence-electron chi connectivity index (χ4n) is 2.64. The second kappa shape index (κ2) is 7.28. The number of esters is 1. The minimum absolute atomic E-state index is 0.0664. The molecule has 5 nitrogen and oxygen atoms in total. The molecule has 0 saturated carbocycles. The number of hydrogen-bond donors (Lipinski definition) is 0. The zero-order chi connectivity index (χ0) is 18.8. The highest BCUT2D eigenvalue weighted by Gasteiger charge is 2.38. The van der Waals surface area contributed by atoms with E-state index in [0.29, 0.717) is 18.9 Å². The number of ether oxygens (including phenoxy) is 1. The standard InChI is InChI=1S/C15H17F4NO4S/c1-2-24-14(21)10-4-3-7-20(9-10)25(22,23)11-5-6-13(16)12(8-11)15(17,18)19/h5-6,8,10H,2-4,7,9H2,1H3. The molecule has 2 rings (SSSR count). The van der Waals surface area contributed by atoms with Gasteiger partial charge in [0, 0.05) is 13.1 Å². The zero-order valence-electron chi connectivity index (χ0n) is 13.3. The Hall–Kier alpha value is -1.68. The number of hydrogen-bond acceptors (Lipinski definition) is 4. The first-order chi connectivity index (χ1) is 11.6. The summed E-state index contributed by atoms with van der Waals surface area (Å²) in [7, 11) is -4.28. The van der Waals surface area contributed by atoms with Crippen LogP contribution in [0.1, 0.15) is 25.3 Å². The van der Waals surface area contributed by atoms with Crippen molar-refractivity contribution in [3.8, 4) is 0 Å². The lowest BCUT2D eigenvalue weighted by molar-refractivity contribution is -0.149. The van der Waals surface area contributed by atoms with Gasteiger partial charge in [0.15, 0.2) is 0 Å². The van der Waals surface area contributed by atoms with Crippen LogP contribution in [-0.4, -0.2) is 38.4 Å². The van der Waals surface area contributed by atoms with Gasteiger partial charge in [-0.05, 0) is 38.0 Å². The lowest BCUT2D eigenvalue weighted by atomic mass is 10.0. The van der Waals surface area contributed by atoms with E-state index in [4.69, 9.17) is 4.74 Å². The Labute approximate surface area is 142 Å². The molecule has 0 bridgehead atoms. The van der Waals surface area contributed by atoms with Gasteiger partial charge in [-0.15, -0.1) is 0 Å². The van der Waals surface area contributed by atoms with Crippen molar-refractivity contribution < 1.29 is 35.5 Å². The number of nitrogens with zero attached hydrogens (tertiary/aromatic N) is 1. The first-order valence-electron chi connectivity index (χ1n) is 7.61. The topological polar surface area (TPSA) is 63.7 Å². The lowest BCUT2D eigenvalue weighted by Gasteiger charge is -2.30. The molecule has 0 N–H and O–H groups in total. The molecule has 1 unspecified atom stereocenters. The van der Waals surface area contributed by atoms with Crippen molar-refractivity contribution in [2.45, 2.75) is 30.8 Å². The van der Waals surface area contributed by atoms with Crippen LogP contribution in [-0.2, 0) is 25.7 Å². The van der Waals surface area contributed by atoms with Crippen LogP contribution < -0.4 is 0 Å². The van der Waals surface area contributed by atoms with Crippen molar-refractivity contribution in [3.05, 3.63) is 29.6 Å². The quantitative estimate of drug-likeness (QED) is 0.593. The summed E-state index contributed by atoms with van der Waals surface area (Å²) >= 11 is 0. The maximum absolute atomic E-state index is 13.4. The van der Waals surface area contributed by atoms with Gasteiger partial charge >= 0.3 is 12.1 Å². The molecule has 0 aliphatic carbocycles. The largest absolute Gasteiger partial charge is 0.466 e. The van der Waals surface area contributed by atoms with Crippen molar-refractivity contribution in [1.29, 1.82) is 0 Å². The molecule has 1 aromatic carbocycles. The van der Waals surface area contributed by atoms with Gasteiger partial charge in [-0.2, -0.15) is 17.5 Å². The van der Waals surface area contributed by atoms with E-state index in [9.17, 15) is 30.8 Å². The number of benzene rings is 1. The number of carbonyl (C=O) groups excluding carboxylic acids is 1. The van der Waals surface area contributed by atoms with E-state index >= 15 is 0 Å². The van der Waals surface area contributed by atoms with Crippen LogP contribution in [0.2, 0.25) is 0 Å². The zero-order valence-corrected chi connectivity index (χ0v) is 14.2. The molecule has 25 heavy (non-hydrogen) atoms. The van der Waals surface area contributed by atoms with Gasteiger partial charge in [-0.25, -0.2) is 12.8 Å². The van der Waals surface area contributed by atoms with Crippen LogP contribution in [0.4, 0.5) is 17.6 Å². The molecule has 0 spiro atoms. The maximum atomic E-state index is 13.4. The highest BCUT2D eigenvalue weighted by atomic mass is 32.2. The molecule has 10 heteroatoms. The third-order valence-corrected chi connectivity index (χ3v) is 5.75. The first kappa shape index (κ1) is 19.6. The summed E-state index contributed by atoms with van der Waals surface area (Å²) in [6.07, 6.45) is -4.21. The number of sulfonamides is 1. The van der Waals surface area contributed by atoms with Crippen LogP contribution in [0.15, 0.2) is 23.1 Å². The van der Waals surface area contributed by atoms with Gasteiger partial charge < -0.3 is 4.74 Å². The summed E-state index contributed by atoms with van der Waals surface area (Å²) in [5.74, 6) is -2.77. The summed E-state index contributed by atoms with van der Waals surface area (Å²) in [5, 5.41) is 0. The van der Waals surface area contributed by atoms with Crippen molar-refractivity contribution >= 4 is 16.0 Å². The third kappa shape index (κ3) is 4.30. The Bertz CT molecular complexity index is 748. The molecule has 1 heterocycles. The van der Waals surface area contributed by atoms with Gasteiger partial charge in [0.05, 0.1) is 23.0 Å². The molecular weight excluding hydrogens is 366 g/mol. The van der Waals surface area contributed by atoms with E-state index in [2.05, 4.69) is 0 Å². The molecule has 0 amide bonds. The second-order valence-electron chi connectivity index (χ2n) is 5.59. The lowest BCUT2D eigenvalue weighted by Crippen LogP contribution is -2.42. The molecule has 0 radical (unpaired) electrons. The molecule has 1 fully saturated rings. The average Bonchev–Trinajstić information content (AvgIpc) is 2.54. The van der Waals surface area contributed by atoms with E-state index in [1.165, 1.54) is 0 Å². The Balaban J connectivity index is 2.31. The van der Waals surface area contributed by atoms with Crippen LogP contribution in [0, 0.1) is 11.7 Å². The normalized spacial score (nSPS) is 19.6. The fraction of sp³-hybridized carbons (Fsp3) is 0.533. The van der Waals surface area contributed by atoms with Gasteiger partial charge in [0.25, 0.3) is 0 Å². The smallest absolute Gasteiger partial charge is 0.419 e. The van der Waals surface area contributed by atoms with Crippen molar-refractivity contribution in [2.75, 3.05) is 19.7 Å². The fourth-order valence-corrected chi connectivity index (χ4v) is 4.19. The summed E-state index contributed by atoms with van der Waals surface area (Å²) in [6.45, 7) is 1.65. The van der Waals surface area contributed by atoms with Crippen LogP contribution in [0.3, 0.4) is 0 Å². The minimum Gasteiger partial charge on any atom is -0.466 e. The maximum Gasteiger partial charge on any atom is 0.419 e. The van der Waals surface area contributed by atoms with Gasteiger partial charge in [0.2, 0.25) is 10.0 Å². The molecule has 1 aliphatic heterocycles. The van der Waals surface area contributed by atoms with E-state index in [1.807, 2.05) is 0 Å². The van der Waals surface area contributed by atoms with Gasteiger partial charge in [0.1, 0.15) is 5.82 Å². The number of carbonyl (C=O) groups is 1. The molecule has 0 aromatic heterocycles. The third-order valence-electron chi connectivity index (χ3n) is 3.89. The Kier molecular flexibility index (Phi) is 5.72. The highest BCUT2D eigenvalue weighted by molar-refractivity contribution is 7.89. The van der Waals surface area contributed by atoms with Crippen molar-refractivity contribution in [2.24, 2.45) is 5.92 Å². The van der Waals surface area contributed by atoms with Gasteiger partial charge in [-0.3, -0.25) is 4.79 Å². The van der Waals surface area contributed by atoms with E-state index in [0.717, 1.165) is 10.4 Å². The summed E-state index contributed by atoms with van der Waals surface area (Å²) < 4.78 is 82.7. The number of halogens is 4. The predicted molar refractivity (Wildman–Crippen MR) is 79.5 cm³/mol. The van der Waals surface area contributed by atoms with Crippen LogP contribution >= 0.6 is 0 Å². The molecule has 1 aromatic rings. The van der Waals surface area contributed by atoms with Gasteiger partial charge in [-0.1, -0.05) is 0 Å². The van der Waals surface area contributed by atoms with Crippen molar-refractivity contribution in [1.82, 2.24) is 4.31 Å². The summed E-state index contributed by atoms with van der Waals surface area (Å²) in [4.78, 5) is 11.1. The Morgan fingerprint density at radius 2 is 2.04 bits per heavy atom. The number of rotatable bonds is 4. The minimum atomic E-state index is -5.01.